The largest absolute Gasteiger partial charge is 0.342 e. The van der Waals surface area contributed by atoms with E-state index < -0.39 is 12.1 Å². The second kappa shape index (κ2) is 5.64. The molecule has 0 bridgehead atoms. The van der Waals surface area contributed by atoms with Crippen LogP contribution in [-0.4, -0.2) is 38.6 Å². The van der Waals surface area contributed by atoms with Gasteiger partial charge in [0.1, 0.15) is 12.1 Å². The van der Waals surface area contributed by atoms with Crippen molar-refractivity contribution in [2.24, 2.45) is 13.0 Å². The highest BCUT2D eigenvalue weighted by atomic mass is 16.2. The van der Waals surface area contributed by atoms with Crippen molar-refractivity contribution in [3.05, 3.63) is 18.0 Å². The van der Waals surface area contributed by atoms with E-state index in [-0.39, 0.29) is 17.7 Å². The van der Waals surface area contributed by atoms with Gasteiger partial charge in [-0.25, -0.2) is 0 Å². The number of carbonyl (C=O) groups excluding carboxylic acids is 2. The second-order valence-corrected chi connectivity index (χ2v) is 5.64. The van der Waals surface area contributed by atoms with Crippen molar-refractivity contribution >= 4 is 11.8 Å². The molecule has 0 spiro atoms. The van der Waals surface area contributed by atoms with E-state index in [1.54, 1.807) is 15.8 Å². The first kappa shape index (κ1) is 14.6. The second-order valence-electron chi connectivity index (χ2n) is 5.64. The van der Waals surface area contributed by atoms with Gasteiger partial charge in [-0.05, 0) is 12.3 Å². The molecule has 1 aromatic heterocycles. The molecule has 0 aliphatic carbocycles. The van der Waals surface area contributed by atoms with Crippen molar-refractivity contribution in [1.29, 1.82) is 0 Å². The van der Waals surface area contributed by atoms with Crippen LogP contribution in [0.15, 0.2) is 12.4 Å². The summed E-state index contributed by atoms with van der Waals surface area (Å²) in [5.41, 5.74) is 0.941. The highest BCUT2D eigenvalue weighted by molar-refractivity contribution is 5.97. The molecule has 110 valence electrons. The fourth-order valence-electron chi connectivity index (χ4n) is 2.58. The fraction of sp³-hybridized carbons (Fsp3) is 0.643. The van der Waals surface area contributed by atoms with E-state index in [4.69, 9.17) is 0 Å². The first-order valence-corrected chi connectivity index (χ1v) is 7.02. The number of piperazine rings is 1. The molecule has 1 aliphatic rings. The number of aromatic nitrogens is 2. The van der Waals surface area contributed by atoms with Crippen molar-refractivity contribution < 1.29 is 9.59 Å². The number of nitrogens with zero attached hydrogens (tertiary/aromatic N) is 3. The van der Waals surface area contributed by atoms with Gasteiger partial charge >= 0.3 is 0 Å². The van der Waals surface area contributed by atoms with Crippen molar-refractivity contribution in [3.63, 3.8) is 0 Å². The van der Waals surface area contributed by atoms with Crippen molar-refractivity contribution in [3.8, 4) is 0 Å². The van der Waals surface area contributed by atoms with Crippen LogP contribution in [0, 0.1) is 5.92 Å². The predicted molar refractivity (Wildman–Crippen MR) is 74.6 cm³/mol. The van der Waals surface area contributed by atoms with Gasteiger partial charge in [0.25, 0.3) is 0 Å². The van der Waals surface area contributed by atoms with E-state index in [0.29, 0.717) is 13.0 Å². The molecule has 1 fully saturated rings. The number of nitrogens with one attached hydrogen (secondary N) is 1. The van der Waals surface area contributed by atoms with Crippen LogP contribution < -0.4 is 5.32 Å². The van der Waals surface area contributed by atoms with Crippen LogP contribution in [-0.2, 0) is 23.2 Å². The average Bonchev–Trinajstić information content (AvgIpc) is 2.79. The Morgan fingerprint density at radius 1 is 1.40 bits per heavy atom. The van der Waals surface area contributed by atoms with Crippen LogP contribution in [0.5, 0.6) is 0 Å². The Morgan fingerprint density at radius 2 is 2.10 bits per heavy atom. The molecule has 2 atom stereocenters. The minimum Gasteiger partial charge on any atom is -0.342 e. The van der Waals surface area contributed by atoms with Crippen LogP contribution in [0.2, 0.25) is 0 Å². The summed E-state index contributed by atoms with van der Waals surface area (Å²) in [6.07, 6.45) is 4.22. The molecule has 6 heteroatoms. The van der Waals surface area contributed by atoms with Gasteiger partial charge in [-0.2, -0.15) is 5.10 Å². The summed E-state index contributed by atoms with van der Waals surface area (Å²) in [5.74, 6) is 0.0191. The topological polar surface area (TPSA) is 67.2 Å². The van der Waals surface area contributed by atoms with E-state index in [9.17, 15) is 9.59 Å². The Hall–Kier alpha value is -1.85. The molecule has 0 saturated carbocycles. The molecular formula is C14H22N4O2. The van der Waals surface area contributed by atoms with Crippen LogP contribution in [0.4, 0.5) is 0 Å². The quantitative estimate of drug-likeness (QED) is 0.881. The molecule has 2 unspecified atom stereocenters. The maximum atomic E-state index is 12.6. The molecule has 1 aromatic rings. The number of carbonyl (C=O) groups is 2. The molecule has 0 radical (unpaired) electrons. The molecule has 20 heavy (non-hydrogen) atoms. The summed E-state index contributed by atoms with van der Waals surface area (Å²) in [6.45, 7) is 6.24. The number of hydrogen-bond donors (Lipinski definition) is 1. The zero-order chi connectivity index (χ0) is 14.9. The first-order valence-electron chi connectivity index (χ1n) is 7.02. The zero-order valence-electron chi connectivity index (χ0n) is 12.5. The van der Waals surface area contributed by atoms with Crippen molar-refractivity contribution in [1.82, 2.24) is 20.0 Å². The van der Waals surface area contributed by atoms with E-state index in [1.807, 2.05) is 34.0 Å². The van der Waals surface area contributed by atoms with Gasteiger partial charge in [0.05, 0.1) is 6.20 Å². The first-order chi connectivity index (χ1) is 9.43. The van der Waals surface area contributed by atoms with Gasteiger partial charge in [0, 0.05) is 25.4 Å². The lowest BCUT2D eigenvalue weighted by molar-refractivity contribution is -0.151. The lowest BCUT2D eigenvalue weighted by atomic mass is 9.96. The highest BCUT2D eigenvalue weighted by Crippen LogP contribution is 2.20. The number of hydrogen-bond acceptors (Lipinski definition) is 3. The van der Waals surface area contributed by atoms with Gasteiger partial charge < -0.3 is 10.2 Å². The summed E-state index contributed by atoms with van der Waals surface area (Å²) in [4.78, 5) is 26.4. The standard InChI is InChI=1S/C14H22N4O2/c1-5-11-13(19)16-12(9(2)3)14(20)18(11)8-10-6-15-17(4)7-10/h6-7,9,11-12H,5,8H2,1-4H3,(H,16,19). The molecular weight excluding hydrogens is 256 g/mol. The number of amides is 2. The Morgan fingerprint density at radius 3 is 2.60 bits per heavy atom. The smallest absolute Gasteiger partial charge is 0.246 e. The van der Waals surface area contributed by atoms with Crippen molar-refractivity contribution in [2.75, 3.05) is 0 Å². The Kier molecular flexibility index (Phi) is 4.11. The van der Waals surface area contributed by atoms with Gasteiger partial charge in [-0.15, -0.1) is 0 Å². The van der Waals surface area contributed by atoms with Crippen molar-refractivity contribution in [2.45, 2.75) is 45.8 Å². The normalized spacial score (nSPS) is 23.4. The molecule has 6 nitrogen and oxygen atoms in total. The van der Waals surface area contributed by atoms with Crippen LogP contribution in [0.25, 0.3) is 0 Å². The third-order valence-electron chi connectivity index (χ3n) is 3.69. The zero-order valence-corrected chi connectivity index (χ0v) is 12.5. The van der Waals surface area contributed by atoms with E-state index in [0.717, 1.165) is 5.56 Å². The summed E-state index contributed by atoms with van der Waals surface area (Å²) < 4.78 is 1.70. The molecule has 1 saturated heterocycles. The number of rotatable bonds is 4. The third kappa shape index (κ3) is 2.69. The van der Waals surface area contributed by atoms with Crippen LogP contribution in [0.1, 0.15) is 32.8 Å². The molecule has 2 amide bonds. The van der Waals surface area contributed by atoms with Gasteiger partial charge in [0.2, 0.25) is 11.8 Å². The number of aryl methyl sites for hydroxylation is 1. The maximum Gasteiger partial charge on any atom is 0.246 e. The predicted octanol–water partition coefficient (Wildman–Crippen LogP) is 0.682. The van der Waals surface area contributed by atoms with Crippen LogP contribution >= 0.6 is 0 Å². The molecule has 2 rings (SSSR count). The molecule has 1 N–H and O–H groups in total. The Labute approximate surface area is 119 Å². The average molecular weight is 278 g/mol. The SMILES string of the molecule is CCC1C(=O)NC(C(C)C)C(=O)N1Cc1cnn(C)c1. The molecule has 0 aromatic carbocycles. The molecule has 1 aliphatic heterocycles. The summed E-state index contributed by atoms with van der Waals surface area (Å²) in [6, 6.07) is -0.820. The third-order valence-corrected chi connectivity index (χ3v) is 3.69. The van der Waals surface area contributed by atoms with Gasteiger partial charge in [-0.1, -0.05) is 20.8 Å². The highest BCUT2D eigenvalue weighted by Gasteiger charge is 2.40. The van der Waals surface area contributed by atoms with Gasteiger partial charge in [-0.3, -0.25) is 14.3 Å². The minimum absolute atomic E-state index is 0.00435. The summed E-state index contributed by atoms with van der Waals surface area (Å²) in [7, 11) is 1.84. The lowest BCUT2D eigenvalue weighted by Gasteiger charge is -2.39. The maximum absolute atomic E-state index is 12.6. The van der Waals surface area contributed by atoms with Crippen LogP contribution in [0.3, 0.4) is 0 Å². The molecule has 2 heterocycles. The summed E-state index contributed by atoms with van der Waals surface area (Å²) >= 11 is 0. The fourth-order valence-corrected chi connectivity index (χ4v) is 2.58. The monoisotopic (exact) mass is 278 g/mol. The Balaban J connectivity index is 2.24. The van der Waals surface area contributed by atoms with E-state index >= 15 is 0 Å². The van der Waals surface area contributed by atoms with E-state index in [2.05, 4.69) is 10.4 Å². The van der Waals surface area contributed by atoms with Gasteiger partial charge in [0.15, 0.2) is 0 Å². The minimum atomic E-state index is -0.429. The summed E-state index contributed by atoms with van der Waals surface area (Å²) in [5, 5.41) is 6.95. The van der Waals surface area contributed by atoms with E-state index in [1.165, 1.54) is 0 Å². The lowest BCUT2D eigenvalue weighted by Crippen LogP contribution is -2.64. The Bertz CT molecular complexity index is 509.